The van der Waals surface area contributed by atoms with Crippen molar-refractivity contribution in [2.24, 2.45) is 0 Å². The van der Waals surface area contributed by atoms with Crippen molar-refractivity contribution in [1.82, 2.24) is 9.80 Å². The molecule has 0 radical (unpaired) electrons. The molecule has 24 heavy (non-hydrogen) atoms. The molecule has 1 N–H and O–H groups in total. The van der Waals surface area contributed by atoms with Crippen molar-refractivity contribution >= 4 is 11.9 Å². The molecule has 1 amide bonds. The molecule has 1 saturated heterocycles. The SMILES string of the molecule is CCc1cccc(CC(=O)N2CCOC(CN(C)CC(=O)O)C2)c1. The first-order chi connectivity index (χ1) is 11.5. The van der Waals surface area contributed by atoms with Gasteiger partial charge >= 0.3 is 5.97 Å². The molecule has 1 aliphatic heterocycles. The zero-order chi connectivity index (χ0) is 17.5. The van der Waals surface area contributed by atoms with Gasteiger partial charge < -0.3 is 14.7 Å². The Bertz CT molecular complexity index is 576. The third kappa shape index (κ3) is 5.62. The van der Waals surface area contributed by atoms with Gasteiger partial charge in [0.05, 0.1) is 25.7 Å². The Morgan fingerprint density at radius 1 is 1.38 bits per heavy atom. The van der Waals surface area contributed by atoms with Crippen LogP contribution in [0.3, 0.4) is 0 Å². The lowest BCUT2D eigenvalue weighted by Crippen LogP contribution is -2.50. The summed E-state index contributed by atoms with van der Waals surface area (Å²) in [4.78, 5) is 26.8. The summed E-state index contributed by atoms with van der Waals surface area (Å²) in [5.41, 5.74) is 2.26. The first-order valence-electron chi connectivity index (χ1n) is 8.35. The van der Waals surface area contributed by atoms with Gasteiger partial charge in [0.15, 0.2) is 0 Å². The first-order valence-corrected chi connectivity index (χ1v) is 8.35. The van der Waals surface area contributed by atoms with Gasteiger partial charge in [0.25, 0.3) is 0 Å². The summed E-state index contributed by atoms with van der Waals surface area (Å²) in [6.45, 7) is 4.16. The van der Waals surface area contributed by atoms with Crippen molar-refractivity contribution in [3.63, 3.8) is 0 Å². The van der Waals surface area contributed by atoms with Gasteiger partial charge in [-0.3, -0.25) is 14.5 Å². The van der Waals surface area contributed by atoms with Crippen LogP contribution in [0.1, 0.15) is 18.1 Å². The maximum Gasteiger partial charge on any atom is 0.317 e. The Morgan fingerprint density at radius 2 is 2.12 bits per heavy atom. The highest BCUT2D eigenvalue weighted by molar-refractivity contribution is 5.79. The minimum Gasteiger partial charge on any atom is -0.480 e. The summed E-state index contributed by atoms with van der Waals surface area (Å²) in [5, 5.41) is 8.81. The molecule has 1 aromatic carbocycles. The van der Waals surface area contributed by atoms with Gasteiger partial charge in [-0.05, 0) is 24.6 Å². The fraction of sp³-hybridized carbons (Fsp3) is 0.556. The fourth-order valence-electron chi connectivity index (χ4n) is 2.95. The van der Waals surface area contributed by atoms with E-state index in [0.29, 0.717) is 32.7 Å². The lowest BCUT2D eigenvalue weighted by Gasteiger charge is -2.34. The molecular weight excluding hydrogens is 308 g/mol. The number of carbonyl (C=O) groups excluding carboxylic acids is 1. The maximum absolute atomic E-state index is 12.5. The van der Waals surface area contributed by atoms with Gasteiger partial charge in [-0.1, -0.05) is 31.2 Å². The Kier molecular flexibility index (Phi) is 6.75. The molecule has 132 valence electrons. The van der Waals surface area contributed by atoms with Crippen molar-refractivity contribution in [3.8, 4) is 0 Å². The van der Waals surface area contributed by atoms with Crippen LogP contribution in [0.2, 0.25) is 0 Å². The smallest absolute Gasteiger partial charge is 0.317 e. The molecule has 0 aromatic heterocycles. The Balaban J connectivity index is 1.88. The average molecular weight is 334 g/mol. The van der Waals surface area contributed by atoms with Crippen LogP contribution < -0.4 is 0 Å². The number of likely N-dealkylation sites (N-methyl/N-ethyl adjacent to an activating group) is 1. The van der Waals surface area contributed by atoms with Gasteiger partial charge in [-0.2, -0.15) is 0 Å². The highest BCUT2D eigenvalue weighted by Crippen LogP contribution is 2.11. The van der Waals surface area contributed by atoms with Crippen LogP contribution in [0.5, 0.6) is 0 Å². The number of benzene rings is 1. The summed E-state index contributed by atoms with van der Waals surface area (Å²) >= 11 is 0. The molecule has 1 fully saturated rings. The van der Waals surface area contributed by atoms with E-state index in [1.54, 1.807) is 11.9 Å². The predicted octanol–water partition coefficient (Wildman–Crippen LogP) is 1.04. The predicted molar refractivity (Wildman–Crippen MR) is 91.0 cm³/mol. The molecule has 6 heteroatoms. The Labute approximate surface area is 143 Å². The van der Waals surface area contributed by atoms with E-state index in [1.165, 1.54) is 5.56 Å². The topological polar surface area (TPSA) is 70.1 Å². The maximum atomic E-state index is 12.5. The number of carboxylic acid groups (broad SMARTS) is 1. The second-order valence-electron chi connectivity index (χ2n) is 6.27. The fourth-order valence-corrected chi connectivity index (χ4v) is 2.95. The van der Waals surface area contributed by atoms with E-state index < -0.39 is 5.97 Å². The molecule has 1 heterocycles. The minimum atomic E-state index is -0.864. The second kappa shape index (κ2) is 8.80. The number of carboxylic acids is 1. The Hall–Kier alpha value is -1.92. The Morgan fingerprint density at radius 3 is 2.83 bits per heavy atom. The number of hydrogen-bond donors (Lipinski definition) is 1. The number of aliphatic carboxylic acids is 1. The quantitative estimate of drug-likeness (QED) is 0.807. The number of morpholine rings is 1. The van der Waals surface area contributed by atoms with E-state index >= 15 is 0 Å². The molecule has 0 spiro atoms. The van der Waals surface area contributed by atoms with Crippen molar-refractivity contribution in [3.05, 3.63) is 35.4 Å². The van der Waals surface area contributed by atoms with E-state index in [1.807, 2.05) is 17.0 Å². The van der Waals surface area contributed by atoms with E-state index in [9.17, 15) is 9.59 Å². The van der Waals surface area contributed by atoms with Gasteiger partial charge in [-0.15, -0.1) is 0 Å². The van der Waals surface area contributed by atoms with Crippen molar-refractivity contribution in [2.75, 3.05) is 39.8 Å². The first kappa shape index (κ1) is 18.4. The summed E-state index contributed by atoms with van der Waals surface area (Å²) in [7, 11) is 1.74. The highest BCUT2D eigenvalue weighted by atomic mass is 16.5. The largest absolute Gasteiger partial charge is 0.480 e. The van der Waals surface area contributed by atoms with Gasteiger partial charge in [0.1, 0.15) is 0 Å². The molecule has 1 aliphatic rings. The number of nitrogens with zero attached hydrogens (tertiary/aromatic N) is 2. The monoisotopic (exact) mass is 334 g/mol. The van der Waals surface area contributed by atoms with Crippen LogP contribution >= 0.6 is 0 Å². The third-order valence-corrected chi connectivity index (χ3v) is 4.17. The van der Waals surface area contributed by atoms with Crippen molar-refractivity contribution < 1.29 is 19.4 Å². The van der Waals surface area contributed by atoms with Gasteiger partial charge in [-0.25, -0.2) is 0 Å². The van der Waals surface area contributed by atoms with E-state index in [2.05, 4.69) is 19.1 Å². The zero-order valence-corrected chi connectivity index (χ0v) is 14.4. The van der Waals surface area contributed by atoms with Crippen LogP contribution in [-0.2, 0) is 27.2 Å². The molecule has 2 rings (SSSR count). The van der Waals surface area contributed by atoms with Crippen molar-refractivity contribution in [1.29, 1.82) is 0 Å². The van der Waals surface area contributed by atoms with E-state index in [-0.39, 0.29) is 18.6 Å². The van der Waals surface area contributed by atoms with Crippen LogP contribution in [-0.4, -0.2) is 72.7 Å². The van der Waals surface area contributed by atoms with Crippen LogP contribution in [0, 0.1) is 0 Å². The summed E-state index contributed by atoms with van der Waals surface area (Å²) < 4.78 is 5.67. The number of ether oxygens (including phenoxy) is 1. The summed E-state index contributed by atoms with van der Waals surface area (Å²) in [6.07, 6.45) is 1.21. The van der Waals surface area contributed by atoms with Crippen LogP contribution in [0.4, 0.5) is 0 Å². The normalized spacial score (nSPS) is 18.0. The number of carbonyl (C=O) groups is 2. The number of rotatable bonds is 7. The molecule has 1 aromatic rings. The number of amides is 1. The molecular formula is C18H26N2O4. The van der Waals surface area contributed by atoms with Gasteiger partial charge in [0.2, 0.25) is 5.91 Å². The lowest BCUT2D eigenvalue weighted by molar-refractivity contribution is -0.142. The van der Waals surface area contributed by atoms with E-state index in [4.69, 9.17) is 9.84 Å². The lowest BCUT2D eigenvalue weighted by atomic mass is 10.1. The number of hydrogen-bond acceptors (Lipinski definition) is 4. The standard InChI is InChI=1S/C18H26N2O4/c1-3-14-5-4-6-15(9-14)10-17(21)20-7-8-24-16(12-20)11-19(2)13-18(22)23/h4-6,9,16H,3,7-8,10-13H2,1-2H3,(H,22,23). The van der Waals surface area contributed by atoms with Crippen LogP contribution in [0.15, 0.2) is 24.3 Å². The molecule has 0 bridgehead atoms. The summed E-state index contributed by atoms with van der Waals surface area (Å²) in [5.74, 6) is -0.769. The third-order valence-electron chi connectivity index (χ3n) is 4.17. The zero-order valence-electron chi connectivity index (χ0n) is 14.4. The van der Waals surface area contributed by atoms with Gasteiger partial charge in [0, 0.05) is 19.6 Å². The van der Waals surface area contributed by atoms with Crippen molar-refractivity contribution in [2.45, 2.75) is 25.9 Å². The summed E-state index contributed by atoms with van der Waals surface area (Å²) in [6, 6.07) is 8.12. The molecule has 6 nitrogen and oxygen atoms in total. The molecule has 0 aliphatic carbocycles. The van der Waals surface area contributed by atoms with Crippen LogP contribution in [0.25, 0.3) is 0 Å². The second-order valence-corrected chi connectivity index (χ2v) is 6.27. The minimum absolute atomic E-state index is 0.0301. The highest BCUT2D eigenvalue weighted by Gasteiger charge is 2.25. The number of aryl methyl sites for hydroxylation is 1. The molecule has 0 saturated carbocycles. The van der Waals surface area contributed by atoms with E-state index in [0.717, 1.165) is 12.0 Å². The average Bonchev–Trinajstić information content (AvgIpc) is 2.54. The molecule has 1 unspecified atom stereocenters. The molecule has 1 atom stereocenters.